The van der Waals surface area contributed by atoms with E-state index in [1.807, 2.05) is 11.9 Å². The lowest BCUT2D eigenvalue weighted by molar-refractivity contribution is 0.724. The number of hydrogen-bond donors (Lipinski definition) is 2. The quantitative estimate of drug-likeness (QED) is 0.627. The van der Waals surface area contributed by atoms with Crippen molar-refractivity contribution >= 4 is 23.7 Å². The first kappa shape index (κ1) is 12.7. The molecule has 2 nitrogen and oxygen atoms in total. The van der Waals surface area contributed by atoms with Gasteiger partial charge in [0.05, 0.1) is 0 Å². The first-order chi connectivity index (χ1) is 7.00. The zero-order valence-corrected chi connectivity index (χ0v) is 10.5. The van der Waals surface area contributed by atoms with Gasteiger partial charge in [0.15, 0.2) is 0 Å². The molecule has 14 heavy (non-hydrogen) atoms. The highest BCUT2D eigenvalue weighted by atomic mass is 32.2. The third kappa shape index (κ3) is 7.97. The summed E-state index contributed by atoms with van der Waals surface area (Å²) < 4.78 is 3.26. The summed E-state index contributed by atoms with van der Waals surface area (Å²) >= 11 is 3.92. The Morgan fingerprint density at radius 2 is 1.71 bits per heavy atom. The van der Waals surface area contributed by atoms with Gasteiger partial charge in [0, 0.05) is 24.6 Å². The molecule has 2 aliphatic rings. The normalized spacial score (nSPS) is 24.0. The Balaban J connectivity index is 0.000000140. The standard InChI is InChI=1S/2C5H11NS/c1-2-6-3-5-7-4-1;1-2-4-6-7-5-3-1/h2*6H,1-5H2. The summed E-state index contributed by atoms with van der Waals surface area (Å²) in [6.07, 6.45) is 5.54. The molecule has 2 N–H and O–H groups in total. The largest absolute Gasteiger partial charge is 0.316 e. The zero-order valence-electron chi connectivity index (χ0n) is 8.89. The molecule has 0 aromatic rings. The van der Waals surface area contributed by atoms with Crippen molar-refractivity contribution < 1.29 is 0 Å². The second-order valence-corrected chi connectivity index (χ2v) is 5.73. The van der Waals surface area contributed by atoms with Crippen LogP contribution in [0.5, 0.6) is 0 Å². The van der Waals surface area contributed by atoms with E-state index in [0.29, 0.717) is 0 Å². The molecule has 0 amide bonds. The Morgan fingerprint density at radius 1 is 0.714 bits per heavy atom. The van der Waals surface area contributed by atoms with Crippen LogP contribution < -0.4 is 10.0 Å². The molecule has 2 aliphatic heterocycles. The fourth-order valence-electron chi connectivity index (χ4n) is 1.36. The van der Waals surface area contributed by atoms with Gasteiger partial charge < -0.3 is 5.32 Å². The van der Waals surface area contributed by atoms with Gasteiger partial charge >= 0.3 is 0 Å². The average Bonchev–Trinajstić information content (AvgIpc) is 2.68. The van der Waals surface area contributed by atoms with E-state index < -0.39 is 0 Å². The van der Waals surface area contributed by atoms with Crippen molar-refractivity contribution in [3.8, 4) is 0 Å². The zero-order chi connectivity index (χ0) is 9.90. The van der Waals surface area contributed by atoms with E-state index in [0.717, 1.165) is 0 Å². The van der Waals surface area contributed by atoms with E-state index in [4.69, 9.17) is 0 Å². The molecule has 2 rings (SSSR count). The second-order valence-electron chi connectivity index (χ2n) is 3.52. The Hall–Kier alpha value is 0.620. The van der Waals surface area contributed by atoms with Crippen LogP contribution in [0, 0.1) is 0 Å². The third-order valence-electron chi connectivity index (χ3n) is 2.19. The maximum absolute atomic E-state index is 3.33. The monoisotopic (exact) mass is 234 g/mol. The van der Waals surface area contributed by atoms with Gasteiger partial charge in [-0.3, -0.25) is 4.72 Å². The summed E-state index contributed by atoms with van der Waals surface area (Å²) in [6, 6.07) is 0. The topological polar surface area (TPSA) is 24.1 Å². The predicted molar refractivity (Wildman–Crippen MR) is 69.1 cm³/mol. The lowest BCUT2D eigenvalue weighted by atomic mass is 10.3. The predicted octanol–water partition coefficient (Wildman–Crippen LogP) is 2.12. The fraction of sp³-hybridized carbons (Fsp3) is 1.00. The Labute approximate surface area is 96.5 Å². The first-order valence-electron chi connectivity index (χ1n) is 5.63. The smallest absolute Gasteiger partial charge is 0.00786 e. The van der Waals surface area contributed by atoms with E-state index in [2.05, 4.69) is 21.8 Å². The minimum absolute atomic E-state index is 1.21. The number of hydrogen-bond acceptors (Lipinski definition) is 4. The molecular formula is C10H22N2S2. The van der Waals surface area contributed by atoms with Gasteiger partial charge in [-0.15, -0.1) is 0 Å². The molecule has 0 atom stereocenters. The molecular weight excluding hydrogens is 212 g/mol. The molecule has 0 bridgehead atoms. The summed E-state index contributed by atoms with van der Waals surface area (Å²) in [4.78, 5) is 0. The molecule has 0 radical (unpaired) electrons. The minimum Gasteiger partial charge on any atom is -0.316 e. The molecule has 4 heteroatoms. The number of nitrogens with one attached hydrogen (secondary N) is 2. The van der Waals surface area contributed by atoms with Crippen molar-refractivity contribution in [2.24, 2.45) is 0 Å². The van der Waals surface area contributed by atoms with Gasteiger partial charge in [-0.2, -0.15) is 11.8 Å². The molecule has 0 saturated carbocycles. The lowest BCUT2D eigenvalue weighted by Crippen LogP contribution is -2.15. The summed E-state index contributed by atoms with van der Waals surface area (Å²) in [5.74, 6) is 3.97. The number of rotatable bonds is 0. The van der Waals surface area contributed by atoms with Gasteiger partial charge in [-0.05, 0) is 31.6 Å². The van der Waals surface area contributed by atoms with E-state index in [1.165, 1.54) is 62.6 Å². The Morgan fingerprint density at radius 3 is 2.71 bits per heavy atom. The van der Waals surface area contributed by atoms with Crippen molar-refractivity contribution in [2.45, 2.75) is 25.7 Å². The second kappa shape index (κ2) is 10.1. The highest BCUT2D eigenvalue weighted by Gasteiger charge is 1.95. The third-order valence-corrected chi connectivity index (χ3v) is 4.16. The van der Waals surface area contributed by atoms with Crippen LogP contribution in [0.25, 0.3) is 0 Å². The first-order valence-corrected chi connectivity index (χ1v) is 7.77. The van der Waals surface area contributed by atoms with E-state index in [9.17, 15) is 0 Å². The summed E-state index contributed by atoms with van der Waals surface area (Å²) in [5, 5.41) is 3.33. The molecule has 2 heterocycles. The summed E-state index contributed by atoms with van der Waals surface area (Å²) in [6.45, 7) is 3.66. The summed E-state index contributed by atoms with van der Waals surface area (Å²) in [7, 11) is 0. The van der Waals surface area contributed by atoms with Crippen LogP contribution in [0.4, 0.5) is 0 Å². The van der Waals surface area contributed by atoms with Gasteiger partial charge in [-0.1, -0.05) is 18.4 Å². The lowest BCUT2D eigenvalue weighted by Gasteiger charge is -1.91. The van der Waals surface area contributed by atoms with Crippen LogP contribution in [0.15, 0.2) is 0 Å². The fourth-order valence-corrected chi connectivity index (χ4v) is 2.99. The van der Waals surface area contributed by atoms with Gasteiger partial charge in [0.25, 0.3) is 0 Å². The van der Waals surface area contributed by atoms with Crippen molar-refractivity contribution in [3.63, 3.8) is 0 Å². The molecule has 2 saturated heterocycles. The highest BCUT2D eigenvalue weighted by molar-refractivity contribution is 7.99. The van der Waals surface area contributed by atoms with Crippen LogP contribution >= 0.6 is 23.7 Å². The van der Waals surface area contributed by atoms with Crippen LogP contribution in [0.1, 0.15) is 25.7 Å². The molecule has 0 aromatic carbocycles. The maximum Gasteiger partial charge on any atom is 0.00786 e. The molecule has 84 valence electrons. The minimum atomic E-state index is 1.21. The Bertz CT molecular complexity index is 69.4. The van der Waals surface area contributed by atoms with Crippen LogP contribution in [-0.2, 0) is 0 Å². The number of thioether (sulfide) groups is 1. The van der Waals surface area contributed by atoms with Crippen molar-refractivity contribution in [1.29, 1.82) is 0 Å². The van der Waals surface area contributed by atoms with E-state index >= 15 is 0 Å². The maximum atomic E-state index is 3.33. The SMILES string of the molecule is C1CCNSCC1.C1CNCCSC1. The van der Waals surface area contributed by atoms with Crippen LogP contribution in [0.3, 0.4) is 0 Å². The van der Waals surface area contributed by atoms with Crippen molar-refractivity contribution in [1.82, 2.24) is 10.0 Å². The van der Waals surface area contributed by atoms with E-state index in [1.54, 1.807) is 0 Å². The van der Waals surface area contributed by atoms with Crippen LogP contribution in [-0.4, -0.2) is 36.9 Å². The molecule has 0 spiro atoms. The highest BCUT2D eigenvalue weighted by Crippen LogP contribution is 2.06. The molecule has 0 aromatic heterocycles. The van der Waals surface area contributed by atoms with Crippen molar-refractivity contribution in [2.75, 3.05) is 36.9 Å². The van der Waals surface area contributed by atoms with Crippen LogP contribution in [0.2, 0.25) is 0 Å². The molecule has 0 aliphatic carbocycles. The van der Waals surface area contributed by atoms with E-state index in [-0.39, 0.29) is 0 Å². The summed E-state index contributed by atoms with van der Waals surface area (Å²) in [5.41, 5.74) is 0. The average molecular weight is 234 g/mol. The molecule has 0 unspecified atom stereocenters. The van der Waals surface area contributed by atoms with Gasteiger partial charge in [0.1, 0.15) is 0 Å². The Kier molecular flexibility index (Phi) is 9.20. The molecule has 2 fully saturated rings. The van der Waals surface area contributed by atoms with Gasteiger partial charge in [0.2, 0.25) is 0 Å². The van der Waals surface area contributed by atoms with Gasteiger partial charge in [-0.25, -0.2) is 0 Å². The van der Waals surface area contributed by atoms with Crippen molar-refractivity contribution in [3.05, 3.63) is 0 Å².